The number of nitrogens with one attached hydrogen (secondary N) is 1. The Balaban J connectivity index is 1.50. The van der Waals surface area contributed by atoms with E-state index in [9.17, 15) is 9.59 Å². The van der Waals surface area contributed by atoms with E-state index < -0.39 is 12.1 Å². The minimum absolute atomic E-state index is 0.129. The smallest absolute Gasteiger partial charge is 0.307 e. The zero-order chi connectivity index (χ0) is 21.0. The van der Waals surface area contributed by atoms with Gasteiger partial charge in [-0.25, -0.2) is 0 Å². The topological polar surface area (TPSA) is 86.4 Å². The number of nitrogens with zero attached hydrogens (tertiary/aromatic N) is 2. The number of hydrogen-bond acceptors (Lipinski definition) is 5. The molecule has 2 aromatic heterocycles. The summed E-state index contributed by atoms with van der Waals surface area (Å²) in [5, 5.41) is 7.04. The summed E-state index contributed by atoms with van der Waals surface area (Å²) in [5.41, 5.74) is 3.17. The third kappa shape index (κ3) is 4.93. The molecule has 3 rings (SSSR count). The lowest BCUT2D eigenvalue weighted by atomic mass is 10.2. The van der Waals surface area contributed by atoms with E-state index in [4.69, 9.17) is 9.15 Å². The lowest BCUT2D eigenvalue weighted by Gasteiger charge is -2.13. The highest BCUT2D eigenvalue weighted by molar-refractivity contribution is 5.96. The van der Waals surface area contributed by atoms with Crippen LogP contribution in [0.3, 0.4) is 0 Å². The minimum atomic E-state index is -0.905. The maximum atomic E-state index is 12.4. The van der Waals surface area contributed by atoms with Crippen LogP contribution in [0.2, 0.25) is 0 Å². The van der Waals surface area contributed by atoms with Crippen LogP contribution in [0.25, 0.3) is 11.3 Å². The molecular weight excluding hydrogens is 370 g/mol. The molecule has 0 saturated heterocycles. The Kier molecular flexibility index (Phi) is 6.16. The van der Waals surface area contributed by atoms with E-state index in [2.05, 4.69) is 10.4 Å². The Labute approximate surface area is 169 Å². The number of aromatic nitrogens is 2. The molecule has 0 unspecified atom stereocenters. The summed E-state index contributed by atoms with van der Waals surface area (Å²) in [7, 11) is 1.80. The summed E-state index contributed by atoms with van der Waals surface area (Å²) in [5.74, 6) is 0.607. The first-order valence-corrected chi connectivity index (χ1v) is 9.50. The molecule has 1 atom stereocenters. The molecule has 0 radical (unpaired) electrons. The first-order chi connectivity index (χ1) is 13.8. The second kappa shape index (κ2) is 8.77. The van der Waals surface area contributed by atoms with Gasteiger partial charge in [-0.15, -0.1) is 0 Å². The van der Waals surface area contributed by atoms with Gasteiger partial charge >= 0.3 is 5.97 Å². The molecule has 0 bridgehead atoms. The maximum Gasteiger partial charge on any atom is 0.307 e. The average molecular weight is 395 g/mol. The van der Waals surface area contributed by atoms with Gasteiger partial charge in [0, 0.05) is 19.0 Å². The first kappa shape index (κ1) is 20.4. The van der Waals surface area contributed by atoms with E-state index in [0.717, 1.165) is 17.0 Å². The summed E-state index contributed by atoms with van der Waals surface area (Å²) in [6.45, 7) is 5.22. The minimum Gasteiger partial charge on any atom is -0.461 e. The number of carbonyl (C=O) groups is 2. The van der Waals surface area contributed by atoms with Crippen molar-refractivity contribution >= 4 is 17.6 Å². The van der Waals surface area contributed by atoms with Crippen LogP contribution in [-0.2, 0) is 27.8 Å². The molecule has 1 amide bonds. The first-order valence-electron chi connectivity index (χ1n) is 9.50. The molecular formula is C22H25N3O4. The van der Waals surface area contributed by atoms with Crippen molar-refractivity contribution in [1.82, 2.24) is 9.78 Å². The maximum absolute atomic E-state index is 12.4. The fraction of sp³-hybridized carbons (Fsp3) is 0.318. The molecule has 0 fully saturated rings. The van der Waals surface area contributed by atoms with Crippen molar-refractivity contribution in [1.29, 1.82) is 0 Å². The van der Waals surface area contributed by atoms with Crippen LogP contribution in [0.15, 0.2) is 46.9 Å². The van der Waals surface area contributed by atoms with E-state index in [1.165, 1.54) is 0 Å². The van der Waals surface area contributed by atoms with Crippen molar-refractivity contribution in [2.45, 2.75) is 39.7 Å². The lowest BCUT2D eigenvalue weighted by molar-refractivity contribution is -0.153. The van der Waals surface area contributed by atoms with Gasteiger partial charge in [0.05, 0.1) is 23.5 Å². The Morgan fingerprint density at radius 1 is 1.17 bits per heavy atom. The van der Waals surface area contributed by atoms with E-state index in [1.807, 2.05) is 56.3 Å². The summed E-state index contributed by atoms with van der Waals surface area (Å²) in [6.07, 6.45) is -0.372. The normalized spacial score (nSPS) is 11.9. The van der Waals surface area contributed by atoms with Gasteiger partial charge in [0.1, 0.15) is 11.5 Å². The van der Waals surface area contributed by atoms with Crippen molar-refractivity contribution in [3.05, 3.63) is 59.6 Å². The van der Waals surface area contributed by atoms with Crippen LogP contribution < -0.4 is 5.32 Å². The van der Waals surface area contributed by atoms with Crippen LogP contribution in [0.5, 0.6) is 0 Å². The lowest BCUT2D eigenvalue weighted by Crippen LogP contribution is -2.30. The number of furan rings is 1. The molecule has 0 aliphatic carbocycles. The van der Waals surface area contributed by atoms with Gasteiger partial charge in [-0.05, 0) is 32.9 Å². The molecule has 1 aromatic carbocycles. The SMILES string of the molecule is Cc1nn(C)c(C)c1NC(=O)[C@@H](C)OC(=O)CCc1ccc(-c2ccccc2)o1. The molecule has 0 aliphatic heterocycles. The second-order valence-electron chi connectivity index (χ2n) is 6.92. The Morgan fingerprint density at radius 3 is 2.55 bits per heavy atom. The van der Waals surface area contributed by atoms with Gasteiger partial charge in [0.15, 0.2) is 6.10 Å². The highest BCUT2D eigenvalue weighted by Gasteiger charge is 2.21. The van der Waals surface area contributed by atoms with Gasteiger partial charge < -0.3 is 14.5 Å². The van der Waals surface area contributed by atoms with Crippen molar-refractivity contribution in [3.63, 3.8) is 0 Å². The summed E-state index contributed by atoms with van der Waals surface area (Å²) in [6, 6.07) is 13.5. The number of amides is 1. The molecule has 7 nitrogen and oxygen atoms in total. The van der Waals surface area contributed by atoms with E-state index in [-0.39, 0.29) is 12.3 Å². The predicted octanol–water partition coefficient (Wildman–Crippen LogP) is 3.80. The molecule has 0 aliphatic rings. The predicted molar refractivity (Wildman–Crippen MR) is 109 cm³/mol. The number of hydrogen-bond donors (Lipinski definition) is 1. The summed E-state index contributed by atoms with van der Waals surface area (Å²) < 4.78 is 12.7. The van der Waals surface area contributed by atoms with Crippen molar-refractivity contribution in [2.75, 3.05) is 5.32 Å². The fourth-order valence-corrected chi connectivity index (χ4v) is 2.98. The highest BCUT2D eigenvalue weighted by atomic mass is 16.5. The summed E-state index contributed by atoms with van der Waals surface area (Å²) in [4.78, 5) is 24.5. The van der Waals surface area contributed by atoms with E-state index in [1.54, 1.807) is 18.7 Å². The van der Waals surface area contributed by atoms with Crippen LogP contribution in [-0.4, -0.2) is 27.8 Å². The van der Waals surface area contributed by atoms with Gasteiger partial charge in [-0.3, -0.25) is 14.3 Å². The van der Waals surface area contributed by atoms with Crippen LogP contribution >= 0.6 is 0 Å². The number of ether oxygens (including phenoxy) is 1. The molecule has 0 saturated carbocycles. The molecule has 29 heavy (non-hydrogen) atoms. The molecule has 3 aromatic rings. The standard InChI is InChI=1S/C22H25N3O4/c1-14-21(15(2)25(4)24-14)23-22(27)16(3)28-20(26)13-11-18-10-12-19(29-18)17-8-6-5-7-9-17/h5-10,12,16H,11,13H2,1-4H3,(H,23,27)/t16-/m1/s1. The van der Waals surface area contributed by atoms with Gasteiger partial charge in [0.2, 0.25) is 0 Å². The molecule has 2 heterocycles. The number of rotatable bonds is 7. The van der Waals surface area contributed by atoms with E-state index >= 15 is 0 Å². The number of esters is 1. The Hall–Kier alpha value is -3.35. The number of carbonyl (C=O) groups excluding carboxylic acids is 2. The Morgan fingerprint density at radius 2 is 1.90 bits per heavy atom. The fourth-order valence-electron chi connectivity index (χ4n) is 2.98. The number of aryl methyl sites for hydroxylation is 3. The average Bonchev–Trinajstić information content (AvgIpc) is 3.27. The zero-order valence-corrected chi connectivity index (χ0v) is 17.1. The zero-order valence-electron chi connectivity index (χ0n) is 17.1. The van der Waals surface area contributed by atoms with Crippen LogP contribution in [0, 0.1) is 13.8 Å². The Bertz CT molecular complexity index is 1000. The quantitative estimate of drug-likeness (QED) is 0.615. The van der Waals surface area contributed by atoms with Gasteiger partial charge in [-0.2, -0.15) is 5.10 Å². The van der Waals surface area contributed by atoms with Gasteiger partial charge in [0.25, 0.3) is 5.91 Å². The monoisotopic (exact) mass is 395 g/mol. The third-order valence-corrected chi connectivity index (χ3v) is 4.73. The van der Waals surface area contributed by atoms with Gasteiger partial charge in [-0.1, -0.05) is 30.3 Å². The van der Waals surface area contributed by atoms with Crippen molar-refractivity contribution < 1.29 is 18.7 Å². The van der Waals surface area contributed by atoms with E-state index in [0.29, 0.717) is 23.6 Å². The second-order valence-corrected chi connectivity index (χ2v) is 6.92. The number of benzene rings is 1. The van der Waals surface area contributed by atoms with Crippen molar-refractivity contribution in [2.24, 2.45) is 7.05 Å². The summed E-state index contributed by atoms with van der Waals surface area (Å²) >= 11 is 0. The van der Waals surface area contributed by atoms with Crippen molar-refractivity contribution in [3.8, 4) is 11.3 Å². The van der Waals surface area contributed by atoms with Crippen LogP contribution in [0.1, 0.15) is 30.5 Å². The largest absolute Gasteiger partial charge is 0.461 e. The highest BCUT2D eigenvalue weighted by Crippen LogP contribution is 2.22. The third-order valence-electron chi connectivity index (χ3n) is 4.73. The molecule has 7 heteroatoms. The molecule has 1 N–H and O–H groups in total. The molecule has 152 valence electrons. The molecule has 0 spiro atoms. The number of anilines is 1. The van der Waals surface area contributed by atoms with Crippen LogP contribution in [0.4, 0.5) is 5.69 Å².